The van der Waals surface area contributed by atoms with Gasteiger partial charge in [0.05, 0.1) is 0 Å². The van der Waals surface area contributed by atoms with Crippen molar-refractivity contribution in [2.45, 2.75) is 52.4 Å². The Bertz CT molecular complexity index is 1210. The molecule has 0 amide bonds. The highest BCUT2D eigenvalue weighted by Gasteiger charge is 2.21. The van der Waals surface area contributed by atoms with Crippen LogP contribution in [0.15, 0.2) is 50.0 Å². The summed E-state index contributed by atoms with van der Waals surface area (Å²) in [5, 5.41) is 2.71. The fourth-order valence-electron chi connectivity index (χ4n) is 3.40. The summed E-state index contributed by atoms with van der Waals surface area (Å²) in [6, 6.07) is 12.3. The van der Waals surface area contributed by atoms with Crippen molar-refractivity contribution in [1.82, 2.24) is 0 Å². The van der Waals surface area contributed by atoms with Gasteiger partial charge in [0.15, 0.2) is 0 Å². The third kappa shape index (κ3) is 2.54. The van der Waals surface area contributed by atoms with Gasteiger partial charge in [-0.15, -0.1) is 0 Å². The van der Waals surface area contributed by atoms with Gasteiger partial charge in [0.1, 0.15) is 11.2 Å². The summed E-state index contributed by atoms with van der Waals surface area (Å²) in [4.78, 5) is 12.5. The molecule has 2 heterocycles. The fraction of sp³-hybridized carbons (Fsp3) is 0.348. The zero-order valence-electron chi connectivity index (χ0n) is 16.2. The van der Waals surface area contributed by atoms with Crippen LogP contribution >= 0.6 is 0 Å². The van der Waals surface area contributed by atoms with E-state index in [0.29, 0.717) is 11.2 Å². The predicted molar refractivity (Wildman–Crippen MR) is 107 cm³/mol. The maximum atomic E-state index is 12.5. The van der Waals surface area contributed by atoms with Crippen LogP contribution in [-0.4, -0.2) is 0 Å². The van der Waals surface area contributed by atoms with Gasteiger partial charge >= 0.3 is 5.63 Å². The van der Waals surface area contributed by atoms with Gasteiger partial charge < -0.3 is 8.83 Å². The van der Waals surface area contributed by atoms with Crippen LogP contribution in [0.4, 0.5) is 0 Å². The van der Waals surface area contributed by atoms with Crippen LogP contribution in [-0.2, 0) is 10.8 Å². The maximum Gasteiger partial charge on any atom is 0.380 e. The monoisotopic (exact) mass is 348 g/mol. The fourth-order valence-corrected chi connectivity index (χ4v) is 3.40. The minimum atomic E-state index is -0.424. The topological polar surface area (TPSA) is 43.4 Å². The molecule has 2 aromatic heterocycles. The SMILES string of the molecule is CC(C)(C)c1ccc2c(c1)oc(=O)c1oc3cc(C(C)(C)C)ccc3c12. The van der Waals surface area contributed by atoms with Gasteiger partial charge in [-0.25, -0.2) is 4.79 Å². The average Bonchev–Trinajstić information content (AvgIpc) is 2.92. The Hall–Kier alpha value is -2.55. The maximum absolute atomic E-state index is 12.5. The first-order valence-corrected chi connectivity index (χ1v) is 9.00. The highest BCUT2D eigenvalue weighted by Crippen LogP contribution is 2.36. The summed E-state index contributed by atoms with van der Waals surface area (Å²) in [5.41, 5.74) is 3.52. The number of hydrogen-bond acceptors (Lipinski definition) is 3. The Morgan fingerprint density at radius 3 is 1.62 bits per heavy atom. The Kier molecular flexibility index (Phi) is 3.40. The molecule has 0 atom stereocenters. The van der Waals surface area contributed by atoms with Crippen LogP contribution < -0.4 is 5.63 Å². The molecule has 0 bridgehead atoms. The number of hydrogen-bond donors (Lipinski definition) is 0. The molecule has 2 aromatic carbocycles. The van der Waals surface area contributed by atoms with E-state index >= 15 is 0 Å². The van der Waals surface area contributed by atoms with Crippen LogP contribution in [0, 0.1) is 0 Å². The Morgan fingerprint density at radius 1 is 0.692 bits per heavy atom. The summed E-state index contributed by atoms with van der Waals surface area (Å²) < 4.78 is 11.5. The molecule has 0 radical (unpaired) electrons. The van der Waals surface area contributed by atoms with Crippen molar-refractivity contribution in [3.05, 3.63) is 57.9 Å². The second kappa shape index (κ2) is 5.23. The lowest BCUT2D eigenvalue weighted by Gasteiger charge is -2.19. The molecule has 3 heteroatoms. The highest BCUT2D eigenvalue weighted by atomic mass is 16.4. The summed E-state index contributed by atoms with van der Waals surface area (Å²) >= 11 is 0. The quantitative estimate of drug-likeness (QED) is 0.351. The first-order chi connectivity index (χ1) is 12.1. The molecular formula is C23H24O3. The smallest absolute Gasteiger partial charge is 0.380 e. The van der Waals surface area contributed by atoms with Crippen molar-refractivity contribution in [3.63, 3.8) is 0 Å². The number of fused-ring (bicyclic) bond motifs is 5. The molecule has 0 aliphatic heterocycles. The third-order valence-electron chi connectivity index (χ3n) is 5.06. The zero-order valence-corrected chi connectivity index (χ0v) is 16.2. The lowest BCUT2D eigenvalue weighted by Crippen LogP contribution is -2.11. The van der Waals surface area contributed by atoms with E-state index < -0.39 is 5.63 Å². The molecule has 0 aliphatic carbocycles. The molecule has 0 fully saturated rings. The van der Waals surface area contributed by atoms with Crippen molar-refractivity contribution in [2.75, 3.05) is 0 Å². The van der Waals surface area contributed by atoms with E-state index in [2.05, 4.69) is 59.7 Å². The number of furan rings is 1. The highest BCUT2D eigenvalue weighted by molar-refractivity contribution is 6.17. The number of benzene rings is 2. The molecule has 26 heavy (non-hydrogen) atoms. The largest absolute Gasteiger partial charge is 0.448 e. The Labute approximate surface area is 152 Å². The van der Waals surface area contributed by atoms with Crippen molar-refractivity contribution >= 4 is 32.9 Å². The van der Waals surface area contributed by atoms with Crippen molar-refractivity contribution in [3.8, 4) is 0 Å². The molecule has 0 aliphatic rings. The molecule has 4 rings (SSSR count). The second-order valence-corrected chi connectivity index (χ2v) is 9.12. The Balaban J connectivity index is 2.10. The minimum Gasteiger partial charge on any atom is -0.448 e. The molecule has 0 unspecified atom stereocenters. The van der Waals surface area contributed by atoms with Gasteiger partial charge in [-0.1, -0.05) is 65.8 Å². The normalized spacial score (nSPS) is 13.2. The first-order valence-electron chi connectivity index (χ1n) is 9.00. The van der Waals surface area contributed by atoms with Gasteiger partial charge in [-0.2, -0.15) is 0 Å². The molecule has 134 valence electrons. The van der Waals surface area contributed by atoms with Crippen LogP contribution in [0.1, 0.15) is 52.7 Å². The van der Waals surface area contributed by atoms with E-state index in [9.17, 15) is 4.79 Å². The zero-order chi connectivity index (χ0) is 18.9. The van der Waals surface area contributed by atoms with Gasteiger partial charge in [-0.05, 0) is 34.1 Å². The van der Waals surface area contributed by atoms with Crippen LogP contribution in [0.3, 0.4) is 0 Å². The summed E-state index contributed by atoms with van der Waals surface area (Å²) in [6.07, 6.45) is 0. The minimum absolute atomic E-state index is 0.0121. The lowest BCUT2D eigenvalue weighted by molar-refractivity contribution is 0.539. The molecule has 0 N–H and O–H groups in total. The molecule has 0 saturated carbocycles. The summed E-state index contributed by atoms with van der Waals surface area (Å²) in [7, 11) is 0. The van der Waals surface area contributed by atoms with E-state index in [-0.39, 0.29) is 10.8 Å². The van der Waals surface area contributed by atoms with E-state index in [4.69, 9.17) is 8.83 Å². The lowest BCUT2D eigenvalue weighted by atomic mass is 9.86. The van der Waals surface area contributed by atoms with Crippen molar-refractivity contribution < 1.29 is 8.83 Å². The van der Waals surface area contributed by atoms with Crippen LogP contribution in [0.2, 0.25) is 0 Å². The molecule has 4 aromatic rings. The van der Waals surface area contributed by atoms with Gasteiger partial charge in [0, 0.05) is 16.2 Å². The van der Waals surface area contributed by atoms with E-state index in [1.54, 1.807) is 0 Å². The number of rotatable bonds is 0. The van der Waals surface area contributed by atoms with Gasteiger partial charge in [-0.3, -0.25) is 0 Å². The molecule has 0 spiro atoms. The summed E-state index contributed by atoms with van der Waals surface area (Å²) in [6.45, 7) is 12.9. The predicted octanol–water partition coefficient (Wildman–Crippen LogP) is 6.29. The molecule has 0 saturated heterocycles. The standard InChI is InChI=1S/C23H24O3/c1-22(2,3)13-7-9-15-17(11-13)25-20-19(15)16-10-8-14(23(4,5)6)12-18(16)26-21(20)24/h7-12H,1-6H3. The molecular weight excluding hydrogens is 324 g/mol. The van der Waals surface area contributed by atoms with Crippen molar-refractivity contribution in [1.29, 1.82) is 0 Å². The molecule has 3 nitrogen and oxygen atoms in total. The van der Waals surface area contributed by atoms with E-state index in [0.717, 1.165) is 27.3 Å². The summed E-state index contributed by atoms with van der Waals surface area (Å²) in [5.74, 6) is 0. The van der Waals surface area contributed by atoms with Crippen LogP contribution in [0.5, 0.6) is 0 Å². The van der Waals surface area contributed by atoms with Crippen LogP contribution in [0.25, 0.3) is 32.9 Å². The van der Waals surface area contributed by atoms with E-state index in [1.807, 2.05) is 18.2 Å². The van der Waals surface area contributed by atoms with E-state index in [1.165, 1.54) is 5.56 Å². The average molecular weight is 348 g/mol. The van der Waals surface area contributed by atoms with Crippen molar-refractivity contribution in [2.24, 2.45) is 0 Å². The van der Waals surface area contributed by atoms with Gasteiger partial charge in [0.2, 0.25) is 5.58 Å². The third-order valence-corrected chi connectivity index (χ3v) is 5.06. The van der Waals surface area contributed by atoms with Gasteiger partial charge in [0.25, 0.3) is 0 Å². The Morgan fingerprint density at radius 2 is 1.15 bits per heavy atom. The second-order valence-electron chi connectivity index (χ2n) is 9.12. The first kappa shape index (κ1) is 16.9.